The van der Waals surface area contributed by atoms with Crippen LogP contribution in [0.1, 0.15) is 5.56 Å². The first-order valence-corrected chi connectivity index (χ1v) is 7.24. The van der Waals surface area contributed by atoms with Crippen LogP contribution in [0.25, 0.3) is 21.9 Å². The number of hydrogen-bond acceptors (Lipinski definition) is 1. The molecule has 0 aliphatic heterocycles. The zero-order valence-corrected chi connectivity index (χ0v) is 12.2. The molecular formula is C18H15ClFN. The van der Waals surface area contributed by atoms with Gasteiger partial charge < -0.3 is 5.73 Å². The van der Waals surface area contributed by atoms with Gasteiger partial charge in [0.1, 0.15) is 5.82 Å². The van der Waals surface area contributed by atoms with E-state index in [-0.39, 0.29) is 5.82 Å². The molecule has 3 aromatic rings. The summed E-state index contributed by atoms with van der Waals surface area (Å²) in [6, 6.07) is 16.5. The molecule has 0 heterocycles. The number of benzene rings is 3. The molecular weight excluding hydrogens is 285 g/mol. The highest BCUT2D eigenvalue weighted by molar-refractivity contribution is 6.36. The molecule has 0 fully saturated rings. The normalized spacial score (nSPS) is 11.0. The van der Waals surface area contributed by atoms with E-state index < -0.39 is 0 Å². The van der Waals surface area contributed by atoms with Gasteiger partial charge in [-0.1, -0.05) is 48.0 Å². The van der Waals surface area contributed by atoms with E-state index in [1.54, 1.807) is 12.1 Å². The highest BCUT2D eigenvalue weighted by Gasteiger charge is 2.13. The molecule has 0 aromatic heterocycles. The Morgan fingerprint density at radius 2 is 1.71 bits per heavy atom. The van der Waals surface area contributed by atoms with E-state index in [2.05, 4.69) is 0 Å². The topological polar surface area (TPSA) is 26.0 Å². The van der Waals surface area contributed by atoms with Crippen molar-refractivity contribution >= 4 is 22.4 Å². The number of rotatable bonds is 3. The molecule has 0 aliphatic carbocycles. The molecule has 106 valence electrons. The minimum Gasteiger partial charge on any atom is -0.330 e. The van der Waals surface area contributed by atoms with Gasteiger partial charge in [-0.25, -0.2) is 4.39 Å². The maximum atomic E-state index is 13.6. The van der Waals surface area contributed by atoms with Crippen molar-refractivity contribution in [3.63, 3.8) is 0 Å². The van der Waals surface area contributed by atoms with Gasteiger partial charge >= 0.3 is 0 Å². The summed E-state index contributed by atoms with van der Waals surface area (Å²) < 4.78 is 13.6. The van der Waals surface area contributed by atoms with E-state index in [0.29, 0.717) is 18.0 Å². The molecule has 3 rings (SSSR count). The van der Waals surface area contributed by atoms with Gasteiger partial charge in [-0.2, -0.15) is 0 Å². The lowest BCUT2D eigenvalue weighted by Crippen LogP contribution is -2.04. The Hall–Kier alpha value is -1.90. The highest BCUT2D eigenvalue weighted by Crippen LogP contribution is 2.36. The molecule has 3 heteroatoms. The molecule has 0 saturated carbocycles. The molecule has 0 spiro atoms. The van der Waals surface area contributed by atoms with Crippen molar-refractivity contribution in [2.45, 2.75) is 6.42 Å². The van der Waals surface area contributed by atoms with Gasteiger partial charge in [0.25, 0.3) is 0 Å². The number of halogens is 2. The fourth-order valence-corrected chi connectivity index (χ4v) is 3.02. The molecule has 0 radical (unpaired) electrons. The summed E-state index contributed by atoms with van der Waals surface area (Å²) in [5.41, 5.74) is 8.63. The summed E-state index contributed by atoms with van der Waals surface area (Å²) >= 11 is 6.37. The van der Waals surface area contributed by atoms with E-state index in [0.717, 1.165) is 27.5 Å². The SMILES string of the molecule is NCCc1cc(Cl)c2ccccc2c1-c1cccc(F)c1. The zero-order chi connectivity index (χ0) is 14.8. The van der Waals surface area contributed by atoms with Crippen molar-refractivity contribution in [1.29, 1.82) is 0 Å². The van der Waals surface area contributed by atoms with Crippen LogP contribution in [0.3, 0.4) is 0 Å². The van der Waals surface area contributed by atoms with Gasteiger partial charge in [0.05, 0.1) is 0 Å². The fourth-order valence-electron chi connectivity index (χ4n) is 2.72. The minimum absolute atomic E-state index is 0.245. The molecule has 0 unspecified atom stereocenters. The number of nitrogens with two attached hydrogens (primary N) is 1. The summed E-state index contributed by atoms with van der Waals surface area (Å²) in [4.78, 5) is 0. The van der Waals surface area contributed by atoms with Crippen molar-refractivity contribution in [3.05, 3.63) is 71.0 Å². The third kappa shape index (κ3) is 2.65. The van der Waals surface area contributed by atoms with Gasteiger partial charge in [0.2, 0.25) is 0 Å². The Morgan fingerprint density at radius 3 is 2.43 bits per heavy atom. The Balaban J connectivity index is 2.37. The second-order valence-electron chi connectivity index (χ2n) is 4.99. The lowest BCUT2D eigenvalue weighted by Gasteiger charge is -2.14. The fraction of sp³-hybridized carbons (Fsp3) is 0.111. The first-order valence-electron chi connectivity index (χ1n) is 6.87. The maximum absolute atomic E-state index is 13.6. The van der Waals surface area contributed by atoms with Gasteiger partial charge in [-0.3, -0.25) is 0 Å². The van der Waals surface area contributed by atoms with Crippen molar-refractivity contribution in [2.24, 2.45) is 5.73 Å². The molecule has 0 bridgehead atoms. The Labute approximate surface area is 128 Å². The standard InChI is InChI=1S/C18H15ClFN/c19-17-11-13(8-9-21)18(12-4-3-5-14(20)10-12)16-7-2-1-6-15(16)17/h1-7,10-11H,8-9,21H2. The van der Waals surface area contributed by atoms with Crippen LogP contribution in [-0.4, -0.2) is 6.54 Å². The molecule has 0 atom stereocenters. The van der Waals surface area contributed by atoms with E-state index in [9.17, 15) is 4.39 Å². The predicted molar refractivity (Wildman–Crippen MR) is 87.1 cm³/mol. The first-order chi connectivity index (χ1) is 10.2. The van der Waals surface area contributed by atoms with Gasteiger partial charge in [0.15, 0.2) is 0 Å². The Bertz CT molecular complexity index is 798. The van der Waals surface area contributed by atoms with Crippen LogP contribution in [0.5, 0.6) is 0 Å². The van der Waals surface area contributed by atoms with Crippen LogP contribution < -0.4 is 5.73 Å². The minimum atomic E-state index is -0.245. The molecule has 1 nitrogen and oxygen atoms in total. The quantitative estimate of drug-likeness (QED) is 0.738. The first kappa shape index (κ1) is 14.1. The second-order valence-corrected chi connectivity index (χ2v) is 5.39. The van der Waals surface area contributed by atoms with Crippen LogP contribution in [0.4, 0.5) is 4.39 Å². The number of fused-ring (bicyclic) bond motifs is 1. The summed E-state index contributed by atoms with van der Waals surface area (Å²) in [6.07, 6.45) is 0.705. The van der Waals surface area contributed by atoms with Crippen LogP contribution in [0.2, 0.25) is 5.02 Å². The van der Waals surface area contributed by atoms with E-state index in [4.69, 9.17) is 17.3 Å². The van der Waals surface area contributed by atoms with Crippen LogP contribution >= 0.6 is 11.6 Å². The van der Waals surface area contributed by atoms with Crippen LogP contribution in [0, 0.1) is 5.82 Å². The summed E-state index contributed by atoms with van der Waals surface area (Å²) in [6.45, 7) is 0.525. The number of hydrogen-bond donors (Lipinski definition) is 1. The maximum Gasteiger partial charge on any atom is 0.123 e. The molecule has 21 heavy (non-hydrogen) atoms. The molecule has 2 N–H and O–H groups in total. The van der Waals surface area contributed by atoms with Crippen molar-refractivity contribution in [2.75, 3.05) is 6.54 Å². The third-order valence-corrected chi connectivity index (χ3v) is 3.92. The Kier molecular flexibility index (Phi) is 3.91. The molecule has 0 amide bonds. The lowest BCUT2D eigenvalue weighted by molar-refractivity contribution is 0.628. The molecule has 3 aromatic carbocycles. The summed E-state index contributed by atoms with van der Waals surface area (Å²) in [7, 11) is 0. The van der Waals surface area contributed by atoms with E-state index in [1.807, 2.05) is 36.4 Å². The van der Waals surface area contributed by atoms with E-state index >= 15 is 0 Å². The van der Waals surface area contributed by atoms with Crippen molar-refractivity contribution in [3.8, 4) is 11.1 Å². The average molecular weight is 300 g/mol. The average Bonchev–Trinajstić information content (AvgIpc) is 2.48. The summed E-state index contributed by atoms with van der Waals surface area (Å²) in [5, 5.41) is 2.70. The largest absolute Gasteiger partial charge is 0.330 e. The van der Waals surface area contributed by atoms with Crippen molar-refractivity contribution in [1.82, 2.24) is 0 Å². The third-order valence-electron chi connectivity index (χ3n) is 3.60. The zero-order valence-electron chi connectivity index (χ0n) is 11.4. The smallest absolute Gasteiger partial charge is 0.123 e. The van der Waals surface area contributed by atoms with Gasteiger partial charge in [-0.15, -0.1) is 0 Å². The molecule has 0 aliphatic rings. The summed E-state index contributed by atoms with van der Waals surface area (Å²) in [5.74, 6) is -0.245. The van der Waals surface area contributed by atoms with Crippen LogP contribution in [-0.2, 0) is 6.42 Å². The highest BCUT2D eigenvalue weighted by atomic mass is 35.5. The predicted octanol–water partition coefficient (Wildman–Crippen LogP) is 4.80. The van der Waals surface area contributed by atoms with Crippen LogP contribution in [0.15, 0.2) is 54.6 Å². The van der Waals surface area contributed by atoms with Gasteiger partial charge in [0, 0.05) is 10.4 Å². The lowest BCUT2D eigenvalue weighted by atomic mass is 9.92. The molecule has 0 saturated heterocycles. The monoisotopic (exact) mass is 299 g/mol. The second kappa shape index (κ2) is 5.84. The van der Waals surface area contributed by atoms with Gasteiger partial charge in [-0.05, 0) is 53.2 Å². The van der Waals surface area contributed by atoms with Crippen molar-refractivity contribution < 1.29 is 4.39 Å². The Morgan fingerprint density at radius 1 is 0.952 bits per heavy atom. The van der Waals surface area contributed by atoms with E-state index in [1.165, 1.54) is 6.07 Å².